The Kier molecular flexibility index (Phi) is 17.5. The van der Waals surface area contributed by atoms with Crippen LogP contribution in [0.3, 0.4) is 0 Å². The van der Waals surface area contributed by atoms with E-state index in [1.54, 1.807) is 52.9 Å². The monoisotopic (exact) mass is 1030 g/mol. The SMILES string of the molecule is CCOC(=O)/C=C/c1cc(S(=O)(=O)N(CC(C)C)C[C@H]2OC(C)(C)N(C(=O)OC(C)(C)C)[C@H]2Cc2ccc(OCc3ccccc3-c3sc4c(c3C(=O)OCC(C)C)CC(C)(C)CC4)cc2)ccc1[N+](=O)[O-]. The van der Waals surface area contributed by atoms with Gasteiger partial charge in [-0.3, -0.25) is 15.0 Å². The summed E-state index contributed by atoms with van der Waals surface area (Å²) < 4.78 is 60.4. The minimum absolute atomic E-state index is 0.0540. The lowest BCUT2D eigenvalue weighted by molar-refractivity contribution is -0.385. The number of nitro groups is 1. The molecule has 0 N–H and O–H groups in total. The van der Waals surface area contributed by atoms with Crippen LogP contribution in [0.1, 0.15) is 127 Å². The Labute approximate surface area is 429 Å². The van der Waals surface area contributed by atoms with Crippen molar-refractivity contribution in [2.45, 2.75) is 144 Å². The number of amides is 1. The summed E-state index contributed by atoms with van der Waals surface area (Å²) in [6, 6.07) is 18.2. The minimum Gasteiger partial charge on any atom is -0.489 e. The second kappa shape index (κ2) is 22.7. The highest BCUT2D eigenvalue weighted by Gasteiger charge is 2.52. The normalized spacial score (nSPS) is 17.6. The number of benzene rings is 3. The van der Waals surface area contributed by atoms with E-state index in [4.69, 9.17) is 23.7 Å². The number of thiophene rings is 1. The first-order valence-corrected chi connectivity index (χ1v) is 26.9. The number of carbonyl (C=O) groups is 3. The van der Waals surface area contributed by atoms with E-state index in [9.17, 15) is 32.9 Å². The molecule has 15 nitrogen and oxygen atoms in total. The molecule has 0 unspecified atom stereocenters. The molecule has 390 valence electrons. The average Bonchev–Trinajstić information content (AvgIpc) is 3.78. The zero-order chi connectivity index (χ0) is 52.9. The molecular formula is C55H71N3O12S2. The maximum absolute atomic E-state index is 14.7. The van der Waals surface area contributed by atoms with E-state index in [-0.39, 0.29) is 66.4 Å². The molecule has 1 aliphatic heterocycles. The van der Waals surface area contributed by atoms with Gasteiger partial charge in [0.25, 0.3) is 5.69 Å². The van der Waals surface area contributed by atoms with Crippen molar-refractivity contribution in [2.75, 3.05) is 26.3 Å². The first kappa shape index (κ1) is 55.7. The van der Waals surface area contributed by atoms with Gasteiger partial charge in [-0.1, -0.05) is 77.9 Å². The number of hydrogen-bond acceptors (Lipinski definition) is 13. The summed E-state index contributed by atoms with van der Waals surface area (Å²) in [5.41, 5.74) is 1.88. The molecule has 2 aliphatic rings. The van der Waals surface area contributed by atoms with Gasteiger partial charge in [-0.05, 0) is 137 Å². The molecule has 3 aromatic carbocycles. The fourth-order valence-corrected chi connectivity index (χ4v) is 12.1. The van der Waals surface area contributed by atoms with Gasteiger partial charge in [0.1, 0.15) is 23.7 Å². The molecule has 2 heterocycles. The number of esters is 2. The Balaban J connectivity index is 1.28. The molecule has 0 bridgehead atoms. The largest absolute Gasteiger partial charge is 0.489 e. The van der Waals surface area contributed by atoms with Crippen LogP contribution in [-0.4, -0.2) is 90.4 Å². The van der Waals surface area contributed by atoms with E-state index < -0.39 is 56.2 Å². The van der Waals surface area contributed by atoms with Gasteiger partial charge < -0.3 is 23.7 Å². The quantitative estimate of drug-likeness (QED) is 0.0285. The molecule has 0 radical (unpaired) electrons. The maximum Gasteiger partial charge on any atom is 0.412 e. The van der Waals surface area contributed by atoms with E-state index in [0.717, 1.165) is 64.6 Å². The summed E-state index contributed by atoms with van der Waals surface area (Å²) in [7, 11) is -4.36. The molecule has 1 amide bonds. The lowest BCUT2D eigenvalue weighted by atomic mass is 9.76. The predicted octanol–water partition coefficient (Wildman–Crippen LogP) is 11.4. The number of nitrogens with zero attached hydrogens (tertiary/aromatic N) is 3. The molecule has 1 saturated heterocycles. The van der Waals surface area contributed by atoms with Crippen molar-refractivity contribution in [1.82, 2.24) is 9.21 Å². The topological polar surface area (TPSA) is 181 Å². The van der Waals surface area contributed by atoms with Gasteiger partial charge in [0.15, 0.2) is 0 Å². The number of ether oxygens (including phenoxy) is 5. The fraction of sp³-hybridized carbons (Fsp3) is 0.509. The van der Waals surface area contributed by atoms with Gasteiger partial charge in [-0.15, -0.1) is 11.3 Å². The molecular weight excluding hydrogens is 959 g/mol. The lowest BCUT2D eigenvalue weighted by Gasteiger charge is -2.35. The zero-order valence-electron chi connectivity index (χ0n) is 43.7. The Morgan fingerprint density at radius 1 is 0.986 bits per heavy atom. The highest BCUT2D eigenvalue weighted by molar-refractivity contribution is 7.89. The van der Waals surface area contributed by atoms with Gasteiger partial charge in [0.2, 0.25) is 10.0 Å². The van der Waals surface area contributed by atoms with E-state index in [1.807, 2.05) is 76.2 Å². The molecule has 1 aliphatic carbocycles. The van der Waals surface area contributed by atoms with Gasteiger partial charge in [-0.2, -0.15) is 4.31 Å². The van der Waals surface area contributed by atoms with Gasteiger partial charge in [0, 0.05) is 35.0 Å². The minimum atomic E-state index is -4.36. The van der Waals surface area contributed by atoms with Crippen LogP contribution in [0.2, 0.25) is 0 Å². The van der Waals surface area contributed by atoms with Crippen LogP contribution in [-0.2, 0) is 59.6 Å². The van der Waals surface area contributed by atoms with Crippen LogP contribution in [0, 0.1) is 27.4 Å². The number of sulfonamides is 1. The molecule has 6 rings (SSSR count). The van der Waals surface area contributed by atoms with Crippen LogP contribution in [0.4, 0.5) is 10.5 Å². The number of rotatable bonds is 19. The Morgan fingerprint density at radius 2 is 1.68 bits per heavy atom. The Hall–Kier alpha value is -5.62. The fourth-order valence-electron chi connectivity index (χ4n) is 9.12. The van der Waals surface area contributed by atoms with Gasteiger partial charge in [0.05, 0.1) is 46.3 Å². The van der Waals surface area contributed by atoms with Crippen molar-refractivity contribution in [3.8, 4) is 16.2 Å². The summed E-state index contributed by atoms with van der Waals surface area (Å²) in [4.78, 5) is 54.9. The van der Waals surface area contributed by atoms with Crippen LogP contribution >= 0.6 is 11.3 Å². The van der Waals surface area contributed by atoms with E-state index in [2.05, 4.69) is 13.8 Å². The zero-order valence-corrected chi connectivity index (χ0v) is 45.4. The van der Waals surface area contributed by atoms with Gasteiger partial charge in [-0.25, -0.2) is 22.8 Å². The lowest BCUT2D eigenvalue weighted by Crippen LogP contribution is -2.52. The summed E-state index contributed by atoms with van der Waals surface area (Å²) in [5, 5.41) is 12.0. The van der Waals surface area contributed by atoms with E-state index >= 15 is 0 Å². The van der Waals surface area contributed by atoms with E-state index in [0.29, 0.717) is 17.9 Å². The van der Waals surface area contributed by atoms with Crippen LogP contribution in [0.15, 0.2) is 77.7 Å². The summed E-state index contributed by atoms with van der Waals surface area (Å²) >= 11 is 1.67. The van der Waals surface area contributed by atoms with E-state index in [1.165, 1.54) is 26.2 Å². The molecule has 1 aromatic heterocycles. The predicted molar refractivity (Wildman–Crippen MR) is 278 cm³/mol. The second-order valence-corrected chi connectivity index (χ2v) is 24.7. The van der Waals surface area contributed by atoms with Gasteiger partial charge >= 0.3 is 18.0 Å². The standard InChI is InChI=1S/C55H71N3O12S2/c1-13-66-48(59)25-20-38-29-41(23-24-44(38)58(62)63)72(64,65)56(31-35(2)3)32-46-45(57(55(11,12)69-46)52(61)70-53(6,7)8)28-37-18-21-40(22-19-37)67-34-39-16-14-15-17-42(39)50-49(51(60)68-33-36(4)5)43-30-54(9,10)27-26-47(43)71-50/h14-25,29,35-36,45-46H,13,26-28,30-34H2,1-12H3/b25-20+/t45-,46+/m0/s1. The molecule has 1 fully saturated rings. The summed E-state index contributed by atoms with van der Waals surface area (Å²) in [6.07, 6.45) is 3.68. The third kappa shape index (κ3) is 13.7. The highest BCUT2D eigenvalue weighted by Crippen LogP contribution is 2.46. The smallest absolute Gasteiger partial charge is 0.412 e. The van der Waals surface area contributed by atoms with Crippen molar-refractivity contribution < 1.29 is 51.4 Å². The number of hydrogen-bond donors (Lipinski definition) is 0. The summed E-state index contributed by atoms with van der Waals surface area (Å²) in [5.74, 6) is -0.399. The number of carbonyl (C=O) groups excluding carboxylic acids is 3. The number of fused-ring (bicyclic) bond motifs is 1. The molecule has 72 heavy (non-hydrogen) atoms. The van der Waals surface area contributed by atoms with Crippen molar-refractivity contribution in [1.29, 1.82) is 0 Å². The van der Waals surface area contributed by atoms with Crippen LogP contribution in [0.5, 0.6) is 5.75 Å². The number of nitro benzene ring substituents is 1. The molecule has 0 spiro atoms. The first-order valence-electron chi connectivity index (χ1n) is 24.6. The Bertz CT molecular complexity index is 2750. The van der Waals surface area contributed by atoms with Crippen molar-refractivity contribution in [3.05, 3.63) is 116 Å². The number of aryl methyl sites for hydroxylation is 1. The molecule has 4 aromatic rings. The molecule has 17 heteroatoms. The highest BCUT2D eigenvalue weighted by atomic mass is 32.2. The third-order valence-electron chi connectivity index (χ3n) is 12.4. The van der Waals surface area contributed by atoms with Crippen molar-refractivity contribution in [2.24, 2.45) is 17.3 Å². The Morgan fingerprint density at radius 3 is 2.32 bits per heavy atom. The average molecular weight is 1030 g/mol. The van der Waals surface area contributed by atoms with Crippen LogP contribution < -0.4 is 4.74 Å². The summed E-state index contributed by atoms with van der Waals surface area (Å²) in [6.45, 7) is 23.2. The van der Waals surface area contributed by atoms with Crippen molar-refractivity contribution >= 4 is 51.2 Å². The molecule has 2 atom stereocenters. The molecule has 0 saturated carbocycles. The second-order valence-electron chi connectivity index (χ2n) is 21.6. The van der Waals surface area contributed by atoms with Crippen molar-refractivity contribution in [3.63, 3.8) is 0 Å². The first-order chi connectivity index (χ1) is 33.7. The maximum atomic E-state index is 14.7. The van der Waals surface area contributed by atoms with Crippen LogP contribution in [0.25, 0.3) is 16.5 Å². The third-order valence-corrected chi connectivity index (χ3v) is 15.5.